The third-order valence-corrected chi connectivity index (χ3v) is 23.6. The van der Waals surface area contributed by atoms with Gasteiger partial charge in [0.1, 0.15) is 26.2 Å². The van der Waals surface area contributed by atoms with E-state index in [0.717, 1.165) is 170 Å². The van der Waals surface area contributed by atoms with Gasteiger partial charge in [0.05, 0.1) is 26.8 Å². The van der Waals surface area contributed by atoms with E-state index in [1.807, 2.05) is 103 Å². The van der Waals surface area contributed by atoms with Crippen LogP contribution in [0.3, 0.4) is 0 Å². The number of para-hydroxylation sites is 3. The van der Waals surface area contributed by atoms with E-state index in [0.29, 0.717) is 34.9 Å². The Labute approximate surface area is 687 Å². The summed E-state index contributed by atoms with van der Waals surface area (Å²) >= 11 is 3.35. The Kier molecular flexibility index (Phi) is 18.4. The van der Waals surface area contributed by atoms with Crippen molar-refractivity contribution in [2.75, 3.05) is 0 Å². The van der Waals surface area contributed by atoms with Crippen LogP contribution in [0.25, 0.3) is 220 Å². The summed E-state index contributed by atoms with van der Waals surface area (Å²) < 4.78 is 2.31. The first-order valence-electron chi connectivity index (χ1n) is 39.0. The Morgan fingerprint density at radius 3 is 0.847 bits per heavy atom. The molecule has 552 valence electrons. The standard InChI is InChI=1S/C53H33N5S.C52H32N6S/c1-3-10-34(11-4-1)35-24-30-42(31-25-35)51-56-50(41-12-5-2-6-13-41)57-52(58-51)43-32-26-39(27-33-43)37-20-18-36(19-21-37)38-22-28-40(29-23-38)44-15-9-16-46-48(44)55-53-49(54-46)45-14-7-8-17-47(45)59-53;1-3-9-33(10-4-1)34-21-27-41(28-22-34)50-56-49(40-11-5-2-6-12-40)57-51(58-50)42-29-23-38(24-30-42)36-17-15-35(16-18-36)37-19-25-39(26-20-37)43-31-32-53-46-47-52(59-48(43)46)55-45-14-8-7-13-44(45)54-47/h1-33H;1-32H. The van der Waals surface area contributed by atoms with Gasteiger partial charge in [0.25, 0.3) is 0 Å². The van der Waals surface area contributed by atoms with Crippen molar-refractivity contribution < 1.29 is 0 Å². The molecule has 0 bridgehead atoms. The molecule has 0 atom stereocenters. The van der Waals surface area contributed by atoms with Gasteiger partial charge in [-0.25, -0.2) is 49.8 Å². The molecule has 11 nitrogen and oxygen atoms in total. The molecule has 0 unspecified atom stereocenters. The first-order valence-corrected chi connectivity index (χ1v) is 40.6. The van der Waals surface area contributed by atoms with E-state index < -0.39 is 0 Å². The van der Waals surface area contributed by atoms with Gasteiger partial charge in [-0.3, -0.25) is 4.98 Å². The summed E-state index contributed by atoms with van der Waals surface area (Å²) in [6.07, 6.45) is 1.87. The predicted octanol–water partition coefficient (Wildman–Crippen LogP) is 27.1. The molecule has 118 heavy (non-hydrogen) atoms. The molecule has 0 N–H and O–H groups in total. The van der Waals surface area contributed by atoms with E-state index in [1.165, 1.54) is 15.8 Å². The second-order valence-corrected chi connectivity index (χ2v) is 30.9. The van der Waals surface area contributed by atoms with Gasteiger partial charge >= 0.3 is 0 Å². The molecule has 15 aromatic carbocycles. The largest absolute Gasteiger partial charge is 0.253 e. The fraction of sp³-hybridized carbons (Fsp3) is 0. The number of hydrogen-bond acceptors (Lipinski definition) is 13. The lowest BCUT2D eigenvalue weighted by molar-refractivity contribution is 1.07. The number of rotatable bonds is 14. The van der Waals surface area contributed by atoms with Crippen LogP contribution >= 0.6 is 22.7 Å². The molecule has 0 saturated heterocycles. The number of thiophene rings is 2. The smallest absolute Gasteiger partial charge is 0.164 e. The molecular formula is C105H65N11S2. The molecule has 22 aromatic rings. The molecule has 0 aliphatic carbocycles. The van der Waals surface area contributed by atoms with Crippen LogP contribution in [0.4, 0.5) is 0 Å². The Bertz CT molecular complexity index is 7130. The molecule has 7 aromatic heterocycles. The SMILES string of the molecule is c1ccc(-c2ccc(-c3nc(-c4ccccc4)nc(-c4ccc(-c5ccc(-c6ccc(-c7cccc8nc9c(nc78)sc7ccccc79)cc6)cc5)cc4)n3)cc2)cc1.c1ccc(-c2ccc(-c3nc(-c4ccccc4)nc(-c4ccc(-c5ccc(-c6ccc(-c7ccnc8c7sc7nc9ccccc9nc78)cc6)cc5)cc4)n3)cc2)cc1. The van der Waals surface area contributed by atoms with Crippen LogP contribution < -0.4 is 0 Å². The molecule has 0 radical (unpaired) electrons. The number of hydrogen-bond donors (Lipinski definition) is 0. The van der Waals surface area contributed by atoms with Crippen LogP contribution in [0.15, 0.2) is 394 Å². The number of nitrogens with zero attached hydrogens (tertiary/aromatic N) is 11. The van der Waals surface area contributed by atoms with Crippen LogP contribution in [0.5, 0.6) is 0 Å². The summed E-state index contributed by atoms with van der Waals surface area (Å²) in [6.45, 7) is 0. The fourth-order valence-electron chi connectivity index (χ4n) is 15.3. The number of benzene rings is 15. The fourth-order valence-corrected chi connectivity index (χ4v) is 17.4. The van der Waals surface area contributed by atoms with Crippen LogP contribution in [-0.2, 0) is 0 Å². The van der Waals surface area contributed by atoms with Crippen molar-refractivity contribution in [1.29, 1.82) is 0 Å². The molecule has 13 heteroatoms. The molecule has 0 amide bonds. The maximum absolute atomic E-state index is 5.12. The van der Waals surface area contributed by atoms with Gasteiger partial charge in [-0.1, -0.05) is 358 Å². The maximum atomic E-state index is 5.12. The van der Waals surface area contributed by atoms with Crippen molar-refractivity contribution in [3.05, 3.63) is 394 Å². The molecule has 0 aliphatic rings. The number of fused-ring (bicyclic) bond motifs is 8. The quantitative estimate of drug-likeness (QED) is 0.103. The average molecular weight is 1540 g/mol. The van der Waals surface area contributed by atoms with E-state index in [4.69, 9.17) is 54.8 Å². The second kappa shape index (κ2) is 30.8. The van der Waals surface area contributed by atoms with Crippen molar-refractivity contribution in [3.8, 4) is 157 Å². The molecular weight excluding hydrogens is 1480 g/mol. The van der Waals surface area contributed by atoms with Crippen LogP contribution in [0.2, 0.25) is 0 Å². The lowest BCUT2D eigenvalue weighted by atomic mass is 9.97. The zero-order valence-electron chi connectivity index (χ0n) is 63.3. The van der Waals surface area contributed by atoms with Crippen molar-refractivity contribution in [2.24, 2.45) is 0 Å². The zero-order valence-corrected chi connectivity index (χ0v) is 64.9. The summed E-state index contributed by atoms with van der Waals surface area (Å²) in [6, 6.07) is 134. The van der Waals surface area contributed by atoms with Crippen molar-refractivity contribution in [3.63, 3.8) is 0 Å². The van der Waals surface area contributed by atoms with Crippen LogP contribution in [-0.4, -0.2) is 54.8 Å². The first-order chi connectivity index (χ1) is 58.4. The molecule has 0 saturated carbocycles. The van der Waals surface area contributed by atoms with E-state index in [-0.39, 0.29) is 0 Å². The van der Waals surface area contributed by atoms with Gasteiger partial charge in [-0.15, -0.1) is 22.7 Å². The van der Waals surface area contributed by atoms with Crippen molar-refractivity contribution in [2.45, 2.75) is 0 Å². The molecule has 0 spiro atoms. The Morgan fingerprint density at radius 1 is 0.161 bits per heavy atom. The highest BCUT2D eigenvalue weighted by atomic mass is 32.1. The number of aromatic nitrogens is 11. The van der Waals surface area contributed by atoms with Gasteiger partial charge in [0, 0.05) is 60.8 Å². The Morgan fingerprint density at radius 2 is 0.449 bits per heavy atom. The van der Waals surface area contributed by atoms with Gasteiger partial charge in [-0.05, 0) is 108 Å². The number of pyridine rings is 1. The maximum Gasteiger partial charge on any atom is 0.164 e. The minimum Gasteiger partial charge on any atom is -0.253 e. The van der Waals surface area contributed by atoms with E-state index in [1.54, 1.807) is 22.7 Å². The third-order valence-electron chi connectivity index (χ3n) is 21.5. The zero-order chi connectivity index (χ0) is 78.2. The van der Waals surface area contributed by atoms with Gasteiger partial charge in [-0.2, -0.15) is 0 Å². The molecule has 0 aliphatic heterocycles. The highest BCUT2D eigenvalue weighted by molar-refractivity contribution is 7.26. The first kappa shape index (κ1) is 70.5. The summed E-state index contributed by atoms with van der Waals surface area (Å²) in [5, 5.41) is 1.16. The lowest BCUT2D eigenvalue weighted by Crippen LogP contribution is -2.00. The van der Waals surface area contributed by atoms with Crippen molar-refractivity contribution >= 4 is 85.7 Å². The van der Waals surface area contributed by atoms with Gasteiger partial charge in [0.2, 0.25) is 0 Å². The second-order valence-electron chi connectivity index (χ2n) is 28.8. The van der Waals surface area contributed by atoms with E-state index in [9.17, 15) is 0 Å². The highest BCUT2D eigenvalue weighted by Crippen LogP contribution is 2.42. The molecule has 0 fully saturated rings. The molecule has 7 heterocycles. The summed E-state index contributed by atoms with van der Waals surface area (Å²) in [5.41, 5.74) is 30.2. The van der Waals surface area contributed by atoms with Crippen LogP contribution in [0, 0.1) is 0 Å². The monoisotopic (exact) mass is 1540 g/mol. The van der Waals surface area contributed by atoms with E-state index >= 15 is 0 Å². The topological polar surface area (TPSA) is 142 Å². The van der Waals surface area contributed by atoms with Crippen molar-refractivity contribution in [1.82, 2.24) is 54.8 Å². The minimum atomic E-state index is 0.632. The highest BCUT2D eigenvalue weighted by Gasteiger charge is 2.20. The summed E-state index contributed by atoms with van der Waals surface area (Å²) in [7, 11) is 0. The summed E-state index contributed by atoms with van der Waals surface area (Å²) in [4.78, 5) is 56.3. The van der Waals surface area contributed by atoms with E-state index in [2.05, 4.69) is 291 Å². The average Bonchev–Trinajstić information content (AvgIpc) is 1.60. The predicted molar refractivity (Wildman–Crippen MR) is 486 cm³/mol. The Hall–Kier alpha value is -15.4. The van der Waals surface area contributed by atoms with Crippen LogP contribution in [0.1, 0.15) is 0 Å². The summed E-state index contributed by atoms with van der Waals surface area (Å²) in [5.74, 6) is 3.83. The van der Waals surface area contributed by atoms with Gasteiger partial charge in [0.15, 0.2) is 34.9 Å². The molecule has 22 rings (SSSR count). The van der Waals surface area contributed by atoms with Gasteiger partial charge < -0.3 is 0 Å². The minimum absolute atomic E-state index is 0.632. The lowest BCUT2D eigenvalue weighted by Gasteiger charge is -2.10. The third kappa shape index (κ3) is 14.0. The Balaban J connectivity index is 0.000000147. The normalized spacial score (nSPS) is 11.4.